The molecular weight excluding hydrogens is 342 g/mol. The quantitative estimate of drug-likeness (QED) is 0.561. The van der Waals surface area contributed by atoms with Crippen molar-refractivity contribution in [1.82, 2.24) is 39.9 Å². The summed E-state index contributed by atoms with van der Waals surface area (Å²) in [4.78, 5) is 17.4. The van der Waals surface area contributed by atoms with E-state index in [2.05, 4.69) is 40.5 Å². The molecule has 4 aromatic rings. The van der Waals surface area contributed by atoms with Crippen LogP contribution in [0.4, 0.5) is 5.95 Å². The van der Waals surface area contributed by atoms with E-state index in [0.29, 0.717) is 24.1 Å². The van der Waals surface area contributed by atoms with Gasteiger partial charge in [0.25, 0.3) is 0 Å². The zero-order valence-electron chi connectivity index (χ0n) is 15.3. The van der Waals surface area contributed by atoms with Gasteiger partial charge in [-0.25, -0.2) is 15.0 Å². The fourth-order valence-electron chi connectivity index (χ4n) is 2.89. The number of nitrogens with one attached hydrogen (secondary N) is 2. The van der Waals surface area contributed by atoms with Crippen LogP contribution >= 0.6 is 0 Å². The molecule has 0 amide bonds. The first-order valence-corrected chi connectivity index (χ1v) is 8.51. The molecule has 4 rings (SSSR count). The Balaban J connectivity index is 1.50. The summed E-state index contributed by atoms with van der Waals surface area (Å²) < 4.78 is 1.86. The van der Waals surface area contributed by atoms with Crippen molar-refractivity contribution >= 4 is 5.95 Å². The van der Waals surface area contributed by atoms with Crippen LogP contribution in [-0.4, -0.2) is 39.9 Å². The highest BCUT2D eigenvalue weighted by molar-refractivity contribution is 5.65. The third-order valence-corrected chi connectivity index (χ3v) is 4.30. The second-order valence-corrected chi connectivity index (χ2v) is 6.13. The smallest absolute Gasteiger partial charge is 0.223 e. The predicted octanol–water partition coefficient (Wildman–Crippen LogP) is 2.29. The van der Waals surface area contributed by atoms with Gasteiger partial charge in [-0.15, -0.1) is 0 Å². The summed E-state index contributed by atoms with van der Waals surface area (Å²) in [6.07, 6.45) is 5.16. The Morgan fingerprint density at radius 2 is 1.89 bits per heavy atom. The minimum Gasteiger partial charge on any atom is -0.347 e. The van der Waals surface area contributed by atoms with Gasteiger partial charge in [-0.3, -0.25) is 14.8 Å². The molecule has 4 heterocycles. The molecule has 0 radical (unpaired) electrons. The molecule has 27 heavy (non-hydrogen) atoms. The Kier molecular flexibility index (Phi) is 4.33. The number of pyridine rings is 1. The number of anilines is 1. The van der Waals surface area contributed by atoms with Crippen LogP contribution in [0, 0.1) is 13.8 Å². The van der Waals surface area contributed by atoms with Crippen molar-refractivity contribution in [2.75, 3.05) is 5.32 Å². The molecule has 0 aliphatic heterocycles. The molecule has 0 aliphatic carbocycles. The lowest BCUT2D eigenvalue weighted by molar-refractivity contribution is 0.731. The lowest BCUT2D eigenvalue weighted by Gasteiger charge is -2.05. The van der Waals surface area contributed by atoms with Crippen molar-refractivity contribution < 1.29 is 0 Å². The number of rotatable bonds is 5. The van der Waals surface area contributed by atoms with Gasteiger partial charge in [0.15, 0.2) is 5.82 Å². The van der Waals surface area contributed by atoms with Gasteiger partial charge in [0.1, 0.15) is 5.82 Å². The fraction of sp³-hybridized carbons (Fsp3) is 0.222. The Morgan fingerprint density at radius 1 is 1.07 bits per heavy atom. The van der Waals surface area contributed by atoms with E-state index in [9.17, 15) is 0 Å². The molecular formula is C18H19N9. The average molecular weight is 361 g/mol. The normalized spacial score (nSPS) is 10.9. The summed E-state index contributed by atoms with van der Waals surface area (Å²) in [6, 6.07) is 5.62. The summed E-state index contributed by atoms with van der Waals surface area (Å²) in [7, 11) is 1.93. The molecule has 0 bridgehead atoms. The van der Waals surface area contributed by atoms with Crippen molar-refractivity contribution in [3.63, 3.8) is 0 Å². The minimum absolute atomic E-state index is 0.437. The van der Waals surface area contributed by atoms with Crippen LogP contribution in [0.5, 0.6) is 0 Å². The van der Waals surface area contributed by atoms with Crippen molar-refractivity contribution in [3.05, 3.63) is 54.0 Å². The first-order chi connectivity index (χ1) is 13.1. The highest BCUT2D eigenvalue weighted by atomic mass is 15.3. The fourth-order valence-corrected chi connectivity index (χ4v) is 2.89. The maximum atomic E-state index is 4.61. The van der Waals surface area contributed by atoms with E-state index in [4.69, 9.17) is 0 Å². The largest absolute Gasteiger partial charge is 0.347 e. The number of aromatic nitrogens is 8. The van der Waals surface area contributed by atoms with E-state index in [1.54, 1.807) is 18.6 Å². The van der Waals surface area contributed by atoms with Crippen LogP contribution in [0.25, 0.3) is 22.6 Å². The Hall–Kier alpha value is -3.62. The molecule has 0 spiro atoms. The number of aromatic amines is 1. The van der Waals surface area contributed by atoms with Crippen molar-refractivity contribution in [1.29, 1.82) is 0 Å². The van der Waals surface area contributed by atoms with Gasteiger partial charge in [-0.2, -0.15) is 10.2 Å². The van der Waals surface area contributed by atoms with Gasteiger partial charge in [0.2, 0.25) is 5.95 Å². The molecule has 0 unspecified atom stereocenters. The van der Waals surface area contributed by atoms with E-state index < -0.39 is 0 Å². The molecule has 0 saturated carbocycles. The molecule has 0 atom stereocenters. The van der Waals surface area contributed by atoms with Crippen molar-refractivity contribution in [3.8, 4) is 22.6 Å². The summed E-state index contributed by atoms with van der Waals surface area (Å²) >= 11 is 0. The Labute approximate surface area is 155 Å². The molecule has 0 aromatic carbocycles. The molecule has 9 heteroatoms. The van der Waals surface area contributed by atoms with Gasteiger partial charge in [-0.1, -0.05) is 0 Å². The van der Waals surface area contributed by atoms with Crippen LogP contribution in [0.15, 0.2) is 36.8 Å². The summed E-state index contributed by atoms with van der Waals surface area (Å²) in [6.45, 7) is 4.44. The highest BCUT2D eigenvalue weighted by Gasteiger charge is 2.14. The standard InChI is InChI=1S/C18H19N9/c1-11-16(12(2)27(3)26-11)14-6-9-20-18(22-14)21-10-15-23-17(25-24-15)13-4-7-19-8-5-13/h4-9H,10H2,1-3H3,(H,20,21,22)(H,23,24,25). The van der Waals surface area contributed by atoms with E-state index in [0.717, 1.165) is 28.2 Å². The van der Waals surface area contributed by atoms with Crippen LogP contribution in [0.1, 0.15) is 17.2 Å². The highest BCUT2D eigenvalue weighted by Crippen LogP contribution is 2.25. The molecule has 2 N–H and O–H groups in total. The van der Waals surface area contributed by atoms with Crippen LogP contribution in [0.3, 0.4) is 0 Å². The van der Waals surface area contributed by atoms with Crippen LogP contribution < -0.4 is 5.32 Å². The predicted molar refractivity (Wildman–Crippen MR) is 101 cm³/mol. The molecule has 136 valence electrons. The second kappa shape index (κ2) is 6.94. The zero-order valence-corrected chi connectivity index (χ0v) is 15.3. The van der Waals surface area contributed by atoms with Crippen molar-refractivity contribution in [2.45, 2.75) is 20.4 Å². The summed E-state index contributed by atoms with van der Waals surface area (Å²) in [5.74, 6) is 1.85. The monoisotopic (exact) mass is 361 g/mol. The van der Waals surface area contributed by atoms with E-state index in [1.165, 1.54) is 0 Å². The van der Waals surface area contributed by atoms with E-state index in [1.807, 2.05) is 43.8 Å². The average Bonchev–Trinajstić information content (AvgIpc) is 3.26. The molecule has 0 aliphatic rings. The third-order valence-electron chi connectivity index (χ3n) is 4.30. The maximum absolute atomic E-state index is 4.61. The Bertz CT molecular complexity index is 1070. The van der Waals surface area contributed by atoms with Gasteiger partial charge in [0, 0.05) is 42.5 Å². The third kappa shape index (κ3) is 3.39. The molecule has 4 aromatic heterocycles. The summed E-state index contributed by atoms with van der Waals surface area (Å²) in [5, 5.41) is 14.8. The van der Waals surface area contributed by atoms with Crippen LogP contribution in [-0.2, 0) is 13.6 Å². The van der Waals surface area contributed by atoms with Crippen LogP contribution in [0.2, 0.25) is 0 Å². The number of aryl methyl sites for hydroxylation is 2. The van der Waals surface area contributed by atoms with Gasteiger partial charge < -0.3 is 5.32 Å². The van der Waals surface area contributed by atoms with E-state index >= 15 is 0 Å². The molecule has 0 saturated heterocycles. The van der Waals surface area contributed by atoms with Gasteiger partial charge in [-0.05, 0) is 32.0 Å². The van der Waals surface area contributed by atoms with Gasteiger partial charge >= 0.3 is 0 Å². The first kappa shape index (κ1) is 16.8. The SMILES string of the molecule is Cc1nn(C)c(C)c1-c1ccnc(NCc2nc(-c3ccncc3)n[nH]2)n1. The zero-order chi connectivity index (χ0) is 18.8. The number of H-pyrrole nitrogens is 1. The topological polar surface area (TPSA) is 110 Å². The maximum Gasteiger partial charge on any atom is 0.223 e. The molecule has 9 nitrogen and oxygen atoms in total. The lowest BCUT2D eigenvalue weighted by Crippen LogP contribution is -2.05. The first-order valence-electron chi connectivity index (χ1n) is 8.51. The van der Waals surface area contributed by atoms with Crippen molar-refractivity contribution in [2.24, 2.45) is 7.05 Å². The Morgan fingerprint density at radius 3 is 2.63 bits per heavy atom. The number of nitrogens with zero attached hydrogens (tertiary/aromatic N) is 7. The molecule has 0 fully saturated rings. The van der Waals surface area contributed by atoms with E-state index in [-0.39, 0.29) is 0 Å². The van der Waals surface area contributed by atoms with Gasteiger partial charge in [0.05, 0.1) is 17.9 Å². The second-order valence-electron chi connectivity index (χ2n) is 6.13. The number of hydrogen-bond acceptors (Lipinski definition) is 7. The lowest BCUT2D eigenvalue weighted by atomic mass is 10.1. The summed E-state index contributed by atoms with van der Waals surface area (Å²) in [5.41, 5.74) is 4.78. The number of hydrogen-bond donors (Lipinski definition) is 2. The minimum atomic E-state index is 0.437.